The molecule has 1 nitrogen and oxygen atoms in total. The molecule has 1 heterocycles. The zero-order valence-corrected chi connectivity index (χ0v) is 13.0. The van der Waals surface area contributed by atoms with Crippen LogP contribution in [0.4, 0.5) is 0 Å². The monoisotopic (exact) mass is 331 g/mol. The van der Waals surface area contributed by atoms with Gasteiger partial charge >= 0.3 is 0 Å². The molecule has 19 heavy (non-hydrogen) atoms. The molecular weight excluding hydrogens is 318 g/mol. The molecule has 0 radical (unpaired) electrons. The first-order chi connectivity index (χ1) is 9.22. The fraction of sp³-hybridized carbons (Fsp3) is 0.188. The molecule has 0 aliphatic carbocycles. The summed E-state index contributed by atoms with van der Waals surface area (Å²) in [5, 5.41) is 1.18. The number of alkyl halides is 1. The van der Waals surface area contributed by atoms with Gasteiger partial charge in [-0.15, -0.1) is 11.3 Å². The predicted octanol–water partition coefficient (Wildman–Crippen LogP) is 5.28. The summed E-state index contributed by atoms with van der Waals surface area (Å²) in [7, 11) is 0. The van der Waals surface area contributed by atoms with Crippen LogP contribution in [-0.2, 0) is 6.42 Å². The van der Waals surface area contributed by atoms with Gasteiger partial charge in [0, 0.05) is 11.2 Å². The Morgan fingerprint density at radius 1 is 1.16 bits per heavy atom. The van der Waals surface area contributed by atoms with E-state index >= 15 is 0 Å². The SMILES string of the molecule is Cc1cccc(C(Br)Cc2nc3ccccc3s2)c1. The van der Waals surface area contributed by atoms with Crippen molar-refractivity contribution in [1.29, 1.82) is 0 Å². The molecule has 3 aromatic rings. The van der Waals surface area contributed by atoms with Crippen LogP contribution in [0.2, 0.25) is 0 Å². The largest absolute Gasteiger partial charge is 0.241 e. The van der Waals surface area contributed by atoms with Crippen molar-refractivity contribution in [2.24, 2.45) is 0 Å². The lowest BCUT2D eigenvalue weighted by atomic mass is 10.1. The number of hydrogen-bond donors (Lipinski definition) is 0. The van der Waals surface area contributed by atoms with Gasteiger partial charge in [-0.05, 0) is 24.6 Å². The van der Waals surface area contributed by atoms with E-state index < -0.39 is 0 Å². The van der Waals surface area contributed by atoms with E-state index in [1.807, 2.05) is 6.07 Å². The van der Waals surface area contributed by atoms with Gasteiger partial charge in [0.2, 0.25) is 0 Å². The average Bonchev–Trinajstić information content (AvgIpc) is 2.80. The van der Waals surface area contributed by atoms with Crippen molar-refractivity contribution < 1.29 is 0 Å². The predicted molar refractivity (Wildman–Crippen MR) is 86.2 cm³/mol. The lowest BCUT2D eigenvalue weighted by Crippen LogP contribution is -1.95. The van der Waals surface area contributed by atoms with Crippen molar-refractivity contribution in [2.75, 3.05) is 0 Å². The topological polar surface area (TPSA) is 12.9 Å². The van der Waals surface area contributed by atoms with E-state index in [1.54, 1.807) is 11.3 Å². The van der Waals surface area contributed by atoms with E-state index in [-0.39, 0.29) is 0 Å². The maximum atomic E-state index is 4.69. The first-order valence-corrected chi connectivity index (χ1v) is 8.01. The van der Waals surface area contributed by atoms with E-state index in [0.29, 0.717) is 4.83 Å². The number of para-hydroxylation sites is 1. The van der Waals surface area contributed by atoms with Crippen molar-refractivity contribution in [2.45, 2.75) is 18.2 Å². The zero-order valence-electron chi connectivity index (χ0n) is 10.6. The van der Waals surface area contributed by atoms with Crippen LogP contribution < -0.4 is 0 Å². The molecule has 1 aromatic heterocycles. The van der Waals surface area contributed by atoms with Crippen LogP contribution in [0.3, 0.4) is 0 Å². The van der Waals surface area contributed by atoms with Gasteiger partial charge in [0.15, 0.2) is 0 Å². The Morgan fingerprint density at radius 2 is 2.00 bits per heavy atom. The van der Waals surface area contributed by atoms with Gasteiger partial charge in [0.05, 0.1) is 15.2 Å². The van der Waals surface area contributed by atoms with Gasteiger partial charge in [-0.1, -0.05) is 57.9 Å². The number of nitrogens with zero attached hydrogens (tertiary/aromatic N) is 1. The maximum absolute atomic E-state index is 4.69. The molecule has 2 aromatic carbocycles. The summed E-state index contributed by atoms with van der Waals surface area (Å²) in [6.45, 7) is 2.13. The summed E-state index contributed by atoms with van der Waals surface area (Å²) in [6.07, 6.45) is 0.933. The van der Waals surface area contributed by atoms with Crippen LogP contribution in [0, 0.1) is 6.92 Å². The smallest absolute Gasteiger partial charge is 0.0953 e. The minimum absolute atomic E-state index is 0.327. The van der Waals surface area contributed by atoms with Crippen molar-refractivity contribution in [1.82, 2.24) is 4.98 Å². The van der Waals surface area contributed by atoms with E-state index in [9.17, 15) is 0 Å². The highest BCUT2D eigenvalue weighted by Gasteiger charge is 2.12. The molecule has 3 heteroatoms. The first-order valence-electron chi connectivity index (χ1n) is 6.27. The number of fused-ring (bicyclic) bond motifs is 1. The first kappa shape index (κ1) is 12.8. The Hall–Kier alpha value is -1.19. The Labute approximate surface area is 125 Å². The molecule has 0 bridgehead atoms. The number of aromatic nitrogens is 1. The summed E-state index contributed by atoms with van der Waals surface area (Å²) < 4.78 is 1.27. The number of thiazole rings is 1. The van der Waals surface area contributed by atoms with Gasteiger partial charge in [0.1, 0.15) is 0 Å². The van der Waals surface area contributed by atoms with E-state index in [0.717, 1.165) is 11.9 Å². The second-order valence-electron chi connectivity index (χ2n) is 4.66. The van der Waals surface area contributed by atoms with Crippen molar-refractivity contribution in [3.8, 4) is 0 Å². The van der Waals surface area contributed by atoms with Crippen LogP contribution in [-0.4, -0.2) is 4.98 Å². The molecule has 96 valence electrons. The molecule has 0 N–H and O–H groups in total. The fourth-order valence-electron chi connectivity index (χ4n) is 2.14. The second kappa shape index (κ2) is 5.43. The third-order valence-electron chi connectivity index (χ3n) is 3.10. The normalized spacial score (nSPS) is 12.7. The highest BCUT2D eigenvalue weighted by Crippen LogP contribution is 2.31. The van der Waals surface area contributed by atoms with Crippen LogP contribution in [0.25, 0.3) is 10.2 Å². The molecule has 0 amide bonds. The van der Waals surface area contributed by atoms with E-state index in [4.69, 9.17) is 0 Å². The number of rotatable bonds is 3. The van der Waals surface area contributed by atoms with E-state index in [2.05, 4.69) is 70.3 Å². The Kier molecular flexibility index (Phi) is 3.67. The fourth-order valence-corrected chi connectivity index (χ4v) is 3.96. The Bertz CT molecular complexity index is 672. The van der Waals surface area contributed by atoms with E-state index in [1.165, 1.54) is 20.8 Å². The van der Waals surface area contributed by atoms with Crippen LogP contribution >= 0.6 is 27.3 Å². The van der Waals surface area contributed by atoms with Crippen molar-refractivity contribution in [3.63, 3.8) is 0 Å². The molecule has 0 saturated carbocycles. The number of benzene rings is 2. The molecule has 0 aliphatic heterocycles. The molecule has 3 rings (SSSR count). The summed E-state index contributed by atoms with van der Waals surface area (Å²) >= 11 is 5.56. The quantitative estimate of drug-likeness (QED) is 0.594. The van der Waals surface area contributed by atoms with Gasteiger partial charge in [-0.25, -0.2) is 4.98 Å². The van der Waals surface area contributed by atoms with Crippen molar-refractivity contribution >= 4 is 37.5 Å². The molecule has 0 saturated heterocycles. The van der Waals surface area contributed by atoms with Gasteiger partial charge in [-0.2, -0.15) is 0 Å². The molecule has 0 fully saturated rings. The van der Waals surface area contributed by atoms with Gasteiger partial charge < -0.3 is 0 Å². The lowest BCUT2D eigenvalue weighted by molar-refractivity contribution is 0.936. The highest BCUT2D eigenvalue weighted by atomic mass is 79.9. The average molecular weight is 332 g/mol. The van der Waals surface area contributed by atoms with Crippen molar-refractivity contribution in [3.05, 3.63) is 64.7 Å². The van der Waals surface area contributed by atoms with Crippen LogP contribution in [0.1, 0.15) is 21.0 Å². The molecule has 0 aliphatic rings. The summed E-state index contributed by atoms with van der Waals surface area (Å²) in [6, 6.07) is 16.9. The highest BCUT2D eigenvalue weighted by molar-refractivity contribution is 9.09. The Morgan fingerprint density at radius 3 is 2.79 bits per heavy atom. The standard InChI is InChI=1S/C16H14BrNS/c1-11-5-4-6-12(9-11)13(17)10-16-18-14-7-2-3-8-15(14)19-16/h2-9,13H,10H2,1H3. The van der Waals surface area contributed by atoms with Gasteiger partial charge in [-0.3, -0.25) is 0 Å². The molecular formula is C16H14BrNS. The zero-order chi connectivity index (χ0) is 13.2. The lowest BCUT2D eigenvalue weighted by Gasteiger charge is -2.08. The Balaban J connectivity index is 1.84. The number of halogens is 1. The van der Waals surface area contributed by atoms with Gasteiger partial charge in [0.25, 0.3) is 0 Å². The minimum Gasteiger partial charge on any atom is -0.241 e. The third kappa shape index (κ3) is 2.88. The molecule has 1 atom stereocenters. The van der Waals surface area contributed by atoms with Crippen LogP contribution in [0.5, 0.6) is 0 Å². The number of hydrogen-bond acceptors (Lipinski definition) is 2. The maximum Gasteiger partial charge on any atom is 0.0953 e. The molecule has 0 spiro atoms. The summed E-state index contributed by atoms with van der Waals surface area (Å²) in [5.41, 5.74) is 3.72. The second-order valence-corrected chi connectivity index (χ2v) is 6.88. The van der Waals surface area contributed by atoms with Crippen LogP contribution in [0.15, 0.2) is 48.5 Å². The summed E-state index contributed by atoms with van der Waals surface area (Å²) in [5.74, 6) is 0. The molecule has 1 unspecified atom stereocenters. The third-order valence-corrected chi connectivity index (χ3v) is 5.01. The summed E-state index contributed by atoms with van der Waals surface area (Å²) in [4.78, 5) is 5.02. The minimum atomic E-state index is 0.327. The number of aryl methyl sites for hydroxylation is 1.